The van der Waals surface area contributed by atoms with Crippen molar-refractivity contribution >= 4 is 39.3 Å². The standard InChI is InChI=1S/C23H19N3O5/c1-26(2)18-6-4-13-7-16-9-19(23(30)31-20(16)10-15(13)8-18)21(27)25-12-17-5-3-14(11-24-17)22(28)29/h3-11H,12H2,1-2H3,(H,25,27)(H,28,29). The topological polar surface area (TPSA) is 113 Å². The van der Waals surface area contributed by atoms with Gasteiger partial charge in [-0.25, -0.2) is 9.59 Å². The Balaban J connectivity index is 1.60. The maximum atomic E-state index is 12.5. The normalized spacial score (nSPS) is 10.9. The Morgan fingerprint density at radius 3 is 2.52 bits per heavy atom. The lowest BCUT2D eigenvalue weighted by molar-refractivity contribution is 0.0696. The van der Waals surface area contributed by atoms with Gasteiger partial charge < -0.3 is 19.7 Å². The molecule has 2 heterocycles. The minimum atomic E-state index is -1.08. The van der Waals surface area contributed by atoms with Gasteiger partial charge in [-0.2, -0.15) is 0 Å². The highest BCUT2D eigenvalue weighted by atomic mass is 16.4. The van der Waals surface area contributed by atoms with E-state index in [0.717, 1.165) is 16.5 Å². The zero-order valence-corrected chi connectivity index (χ0v) is 16.9. The van der Waals surface area contributed by atoms with E-state index in [-0.39, 0.29) is 17.7 Å². The average Bonchev–Trinajstić information content (AvgIpc) is 2.75. The van der Waals surface area contributed by atoms with Crippen LogP contribution in [0.2, 0.25) is 0 Å². The number of rotatable bonds is 5. The van der Waals surface area contributed by atoms with Gasteiger partial charge in [-0.1, -0.05) is 6.07 Å². The molecular weight excluding hydrogens is 398 g/mol. The number of carbonyl (C=O) groups is 2. The smallest absolute Gasteiger partial charge is 0.349 e. The van der Waals surface area contributed by atoms with Crippen molar-refractivity contribution < 1.29 is 19.1 Å². The molecule has 0 saturated carbocycles. The molecule has 2 aromatic carbocycles. The fourth-order valence-electron chi connectivity index (χ4n) is 3.21. The van der Waals surface area contributed by atoms with Crippen molar-refractivity contribution in [2.24, 2.45) is 0 Å². The lowest BCUT2D eigenvalue weighted by Gasteiger charge is -2.13. The number of hydrogen-bond acceptors (Lipinski definition) is 6. The Morgan fingerprint density at radius 1 is 1.03 bits per heavy atom. The number of nitrogens with one attached hydrogen (secondary N) is 1. The van der Waals surface area contributed by atoms with E-state index in [1.807, 2.05) is 43.3 Å². The van der Waals surface area contributed by atoms with Crippen LogP contribution in [0.25, 0.3) is 21.7 Å². The van der Waals surface area contributed by atoms with Crippen molar-refractivity contribution in [3.05, 3.63) is 82.0 Å². The second-order valence-corrected chi connectivity index (χ2v) is 7.29. The number of anilines is 1. The van der Waals surface area contributed by atoms with Crippen molar-refractivity contribution in [3.63, 3.8) is 0 Å². The first-order chi connectivity index (χ1) is 14.8. The largest absolute Gasteiger partial charge is 0.478 e. The number of nitrogens with zero attached hydrogens (tertiary/aromatic N) is 2. The van der Waals surface area contributed by atoms with Gasteiger partial charge in [0.1, 0.15) is 11.1 Å². The first-order valence-corrected chi connectivity index (χ1v) is 9.47. The zero-order valence-electron chi connectivity index (χ0n) is 16.9. The van der Waals surface area contributed by atoms with Crippen LogP contribution < -0.4 is 15.8 Å². The molecule has 0 aliphatic heterocycles. The predicted octanol–water partition coefficient (Wildman–Crippen LogP) is 3.04. The molecule has 0 saturated heterocycles. The van der Waals surface area contributed by atoms with Gasteiger partial charge >= 0.3 is 11.6 Å². The first-order valence-electron chi connectivity index (χ1n) is 9.47. The average molecular weight is 417 g/mol. The lowest BCUT2D eigenvalue weighted by Crippen LogP contribution is -2.28. The van der Waals surface area contributed by atoms with E-state index in [0.29, 0.717) is 16.7 Å². The maximum Gasteiger partial charge on any atom is 0.349 e. The van der Waals surface area contributed by atoms with E-state index < -0.39 is 17.5 Å². The highest BCUT2D eigenvalue weighted by Gasteiger charge is 2.15. The highest BCUT2D eigenvalue weighted by molar-refractivity contribution is 6.01. The molecule has 2 aromatic heterocycles. The molecule has 0 aliphatic carbocycles. The number of aromatic carboxylic acids is 1. The molecule has 0 radical (unpaired) electrons. The van der Waals surface area contributed by atoms with Crippen LogP contribution in [-0.2, 0) is 6.54 Å². The summed E-state index contributed by atoms with van der Waals surface area (Å²) >= 11 is 0. The predicted molar refractivity (Wildman–Crippen MR) is 117 cm³/mol. The molecule has 2 N–H and O–H groups in total. The molecular formula is C23H19N3O5. The fraction of sp³-hybridized carbons (Fsp3) is 0.130. The second-order valence-electron chi connectivity index (χ2n) is 7.29. The molecule has 0 atom stereocenters. The van der Waals surface area contributed by atoms with E-state index in [1.54, 1.807) is 6.07 Å². The fourth-order valence-corrected chi connectivity index (χ4v) is 3.21. The molecule has 8 nitrogen and oxygen atoms in total. The van der Waals surface area contributed by atoms with Crippen molar-refractivity contribution in [1.29, 1.82) is 0 Å². The van der Waals surface area contributed by atoms with Crippen LogP contribution in [0.15, 0.2) is 63.9 Å². The molecule has 1 amide bonds. The molecule has 0 bridgehead atoms. The van der Waals surface area contributed by atoms with Crippen LogP contribution >= 0.6 is 0 Å². The van der Waals surface area contributed by atoms with E-state index in [9.17, 15) is 14.4 Å². The Bertz CT molecular complexity index is 1370. The number of amides is 1. The van der Waals surface area contributed by atoms with Crippen LogP contribution in [-0.4, -0.2) is 36.1 Å². The van der Waals surface area contributed by atoms with E-state index >= 15 is 0 Å². The number of fused-ring (bicyclic) bond motifs is 2. The molecule has 0 spiro atoms. The van der Waals surface area contributed by atoms with Crippen LogP contribution in [0.5, 0.6) is 0 Å². The third-order valence-electron chi connectivity index (χ3n) is 4.94. The number of pyridine rings is 1. The number of carbonyl (C=O) groups excluding carboxylic acids is 1. The third-order valence-corrected chi connectivity index (χ3v) is 4.94. The van der Waals surface area contributed by atoms with E-state index in [4.69, 9.17) is 9.52 Å². The third kappa shape index (κ3) is 4.09. The minimum absolute atomic E-state index is 0.0429. The van der Waals surface area contributed by atoms with Crippen molar-refractivity contribution in [3.8, 4) is 0 Å². The van der Waals surface area contributed by atoms with Gasteiger partial charge in [0, 0.05) is 31.4 Å². The molecule has 156 valence electrons. The van der Waals surface area contributed by atoms with Gasteiger partial charge in [0.2, 0.25) is 0 Å². The monoisotopic (exact) mass is 417 g/mol. The highest BCUT2D eigenvalue weighted by Crippen LogP contribution is 2.26. The van der Waals surface area contributed by atoms with Crippen molar-refractivity contribution in [1.82, 2.24) is 10.3 Å². The SMILES string of the molecule is CN(C)c1ccc2cc3cc(C(=O)NCc4ccc(C(=O)O)cn4)c(=O)oc3cc2c1. The van der Waals surface area contributed by atoms with Gasteiger partial charge in [-0.15, -0.1) is 0 Å². The zero-order chi connectivity index (χ0) is 22.1. The first kappa shape index (κ1) is 20.1. The van der Waals surface area contributed by atoms with Gasteiger partial charge in [-0.05, 0) is 53.2 Å². The summed E-state index contributed by atoms with van der Waals surface area (Å²) in [7, 11) is 3.90. The van der Waals surface area contributed by atoms with Crippen LogP contribution in [0, 0.1) is 0 Å². The van der Waals surface area contributed by atoms with Crippen LogP contribution in [0.1, 0.15) is 26.4 Å². The van der Waals surface area contributed by atoms with E-state index in [1.165, 1.54) is 24.4 Å². The van der Waals surface area contributed by atoms with Gasteiger partial charge in [-0.3, -0.25) is 9.78 Å². The molecule has 8 heteroatoms. The summed E-state index contributed by atoms with van der Waals surface area (Å²) in [6.07, 6.45) is 1.21. The van der Waals surface area contributed by atoms with Gasteiger partial charge in [0.15, 0.2) is 0 Å². The van der Waals surface area contributed by atoms with Crippen LogP contribution in [0.3, 0.4) is 0 Å². The number of aromatic nitrogens is 1. The summed E-state index contributed by atoms with van der Waals surface area (Å²) in [6, 6.07) is 14.0. The summed E-state index contributed by atoms with van der Waals surface area (Å²) in [6.45, 7) is 0.0429. The minimum Gasteiger partial charge on any atom is -0.478 e. The summed E-state index contributed by atoms with van der Waals surface area (Å²) in [4.78, 5) is 41.8. The van der Waals surface area contributed by atoms with Crippen molar-refractivity contribution in [2.75, 3.05) is 19.0 Å². The number of hydrogen-bond donors (Lipinski definition) is 2. The lowest BCUT2D eigenvalue weighted by atomic mass is 10.1. The van der Waals surface area contributed by atoms with Crippen LogP contribution in [0.4, 0.5) is 5.69 Å². The molecule has 4 aromatic rings. The molecule has 31 heavy (non-hydrogen) atoms. The molecule has 0 fully saturated rings. The number of benzene rings is 2. The summed E-state index contributed by atoms with van der Waals surface area (Å²) < 4.78 is 5.41. The molecule has 0 unspecified atom stereocenters. The van der Waals surface area contributed by atoms with Crippen molar-refractivity contribution in [2.45, 2.75) is 6.54 Å². The quantitative estimate of drug-likeness (QED) is 0.379. The summed E-state index contributed by atoms with van der Waals surface area (Å²) in [5.74, 6) is -1.68. The maximum absolute atomic E-state index is 12.5. The Kier molecular flexibility index (Phi) is 5.12. The number of carboxylic acid groups (broad SMARTS) is 1. The summed E-state index contributed by atoms with van der Waals surface area (Å²) in [5, 5.41) is 14.0. The Hall–Kier alpha value is -4.20. The molecule has 0 aliphatic rings. The van der Waals surface area contributed by atoms with Gasteiger partial charge in [0.25, 0.3) is 5.91 Å². The second kappa shape index (κ2) is 7.91. The van der Waals surface area contributed by atoms with E-state index in [2.05, 4.69) is 10.3 Å². The Morgan fingerprint density at radius 2 is 1.84 bits per heavy atom. The number of carboxylic acids is 1. The molecule has 4 rings (SSSR count). The summed E-state index contributed by atoms with van der Waals surface area (Å²) in [5.41, 5.74) is 1.09. The Labute approximate surface area is 176 Å². The van der Waals surface area contributed by atoms with Gasteiger partial charge in [0.05, 0.1) is 17.8 Å².